The fourth-order valence-corrected chi connectivity index (χ4v) is 2.32. The van der Waals surface area contributed by atoms with Crippen LogP contribution >= 0.6 is 0 Å². The van der Waals surface area contributed by atoms with E-state index < -0.39 is 5.97 Å². The fraction of sp³-hybridized carbons (Fsp3) is 0.0588. The summed E-state index contributed by atoms with van der Waals surface area (Å²) in [7, 11) is 0. The number of aliphatic carboxylic acids is 1. The monoisotopic (exact) mass is 278 g/mol. The number of hydrogen-bond donors (Lipinski definition) is 2. The van der Waals surface area contributed by atoms with Crippen LogP contribution in [0, 0.1) is 0 Å². The molecule has 4 heteroatoms. The zero-order valence-electron chi connectivity index (χ0n) is 11.3. The molecule has 0 aliphatic rings. The predicted octanol–water partition coefficient (Wildman–Crippen LogP) is 3.37. The lowest BCUT2D eigenvalue weighted by atomic mass is 10.0. The largest absolute Gasteiger partial charge is 0.481 e. The van der Waals surface area contributed by atoms with Crippen molar-refractivity contribution in [2.45, 2.75) is 6.42 Å². The number of carbonyl (C=O) groups is 1. The molecule has 0 atom stereocenters. The first kappa shape index (κ1) is 13.1. The van der Waals surface area contributed by atoms with Gasteiger partial charge < -0.3 is 5.11 Å². The average Bonchev–Trinajstić information content (AvgIpc) is 2.98. The summed E-state index contributed by atoms with van der Waals surface area (Å²) in [6, 6.07) is 19.3. The summed E-state index contributed by atoms with van der Waals surface area (Å²) in [5, 5.41) is 16.3. The van der Waals surface area contributed by atoms with Crippen molar-refractivity contribution in [3.8, 4) is 22.5 Å². The minimum absolute atomic E-state index is 0.00410. The van der Waals surface area contributed by atoms with E-state index >= 15 is 0 Å². The maximum absolute atomic E-state index is 11.0. The van der Waals surface area contributed by atoms with Gasteiger partial charge in [-0.15, -0.1) is 0 Å². The Morgan fingerprint density at radius 2 is 1.76 bits per heavy atom. The van der Waals surface area contributed by atoms with E-state index in [2.05, 4.69) is 10.2 Å². The van der Waals surface area contributed by atoms with Crippen molar-refractivity contribution in [3.63, 3.8) is 0 Å². The van der Waals surface area contributed by atoms with Gasteiger partial charge in [0, 0.05) is 11.1 Å². The third kappa shape index (κ3) is 2.84. The fourth-order valence-electron chi connectivity index (χ4n) is 2.32. The van der Waals surface area contributed by atoms with Crippen LogP contribution < -0.4 is 0 Å². The topological polar surface area (TPSA) is 66.0 Å². The molecule has 0 spiro atoms. The molecule has 1 aromatic heterocycles. The highest BCUT2D eigenvalue weighted by Gasteiger charge is 2.11. The summed E-state index contributed by atoms with van der Waals surface area (Å²) in [5.41, 5.74) is 4.33. The Bertz CT molecular complexity index is 763. The van der Waals surface area contributed by atoms with E-state index in [1.807, 2.05) is 60.7 Å². The van der Waals surface area contributed by atoms with E-state index in [0.29, 0.717) is 0 Å². The average molecular weight is 278 g/mol. The second-order valence-electron chi connectivity index (χ2n) is 4.76. The summed E-state index contributed by atoms with van der Waals surface area (Å²) in [5.74, 6) is -0.842. The van der Waals surface area contributed by atoms with E-state index in [-0.39, 0.29) is 6.42 Å². The Hall–Kier alpha value is -2.88. The first-order chi connectivity index (χ1) is 10.2. The molecule has 104 valence electrons. The quantitative estimate of drug-likeness (QED) is 0.769. The maximum Gasteiger partial charge on any atom is 0.307 e. The number of benzene rings is 2. The molecule has 3 rings (SSSR count). The molecule has 2 aromatic carbocycles. The van der Waals surface area contributed by atoms with Crippen molar-refractivity contribution in [1.29, 1.82) is 0 Å². The van der Waals surface area contributed by atoms with Crippen LogP contribution in [0.25, 0.3) is 22.5 Å². The number of nitrogens with one attached hydrogen (secondary N) is 1. The Labute approximate surface area is 122 Å². The number of rotatable bonds is 4. The van der Waals surface area contributed by atoms with Crippen LogP contribution in [0.1, 0.15) is 5.56 Å². The van der Waals surface area contributed by atoms with Gasteiger partial charge in [0.15, 0.2) is 0 Å². The van der Waals surface area contributed by atoms with Crippen molar-refractivity contribution >= 4 is 5.97 Å². The Morgan fingerprint density at radius 1 is 1.05 bits per heavy atom. The number of H-pyrrole nitrogens is 1. The Kier molecular flexibility index (Phi) is 3.51. The van der Waals surface area contributed by atoms with Gasteiger partial charge in [0.1, 0.15) is 0 Å². The van der Waals surface area contributed by atoms with Crippen LogP contribution in [-0.4, -0.2) is 21.3 Å². The molecule has 21 heavy (non-hydrogen) atoms. The number of nitrogens with zero attached hydrogens (tertiary/aromatic N) is 1. The highest BCUT2D eigenvalue weighted by molar-refractivity contribution is 5.76. The molecule has 0 saturated heterocycles. The number of carboxylic acid groups (broad SMARTS) is 1. The Balaban J connectivity index is 1.99. The molecule has 3 aromatic rings. The minimum atomic E-state index is -0.842. The van der Waals surface area contributed by atoms with Gasteiger partial charge in [-0.05, 0) is 11.6 Å². The molecule has 1 heterocycles. The van der Waals surface area contributed by atoms with Gasteiger partial charge in [0.25, 0.3) is 0 Å². The van der Waals surface area contributed by atoms with Crippen molar-refractivity contribution in [1.82, 2.24) is 10.2 Å². The molecule has 0 aliphatic heterocycles. The molecule has 0 fully saturated rings. The summed E-state index contributed by atoms with van der Waals surface area (Å²) in [4.78, 5) is 11.0. The molecule has 0 saturated carbocycles. The van der Waals surface area contributed by atoms with Crippen LogP contribution in [-0.2, 0) is 11.2 Å². The lowest BCUT2D eigenvalue weighted by Crippen LogP contribution is -2.01. The highest BCUT2D eigenvalue weighted by Crippen LogP contribution is 2.26. The lowest BCUT2D eigenvalue weighted by Gasteiger charge is -2.04. The van der Waals surface area contributed by atoms with E-state index in [9.17, 15) is 4.79 Å². The SMILES string of the molecule is O=C(O)Cc1ccccc1-c1cc(-c2ccccc2)n[nH]1. The smallest absolute Gasteiger partial charge is 0.307 e. The van der Waals surface area contributed by atoms with Gasteiger partial charge in [0.05, 0.1) is 17.8 Å². The summed E-state index contributed by atoms with van der Waals surface area (Å²) < 4.78 is 0. The molecule has 0 unspecified atom stereocenters. The molecule has 2 N–H and O–H groups in total. The van der Waals surface area contributed by atoms with E-state index in [1.54, 1.807) is 0 Å². The van der Waals surface area contributed by atoms with Gasteiger partial charge in [-0.25, -0.2) is 0 Å². The maximum atomic E-state index is 11.0. The van der Waals surface area contributed by atoms with Gasteiger partial charge in [-0.2, -0.15) is 5.10 Å². The third-order valence-corrected chi connectivity index (χ3v) is 3.30. The van der Waals surface area contributed by atoms with E-state index in [0.717, 1.165) is 28.1 Å². The molecule has 0 radical (unpaired) electrons. The Morgan fingerprint density at radius 3 is 2.52 bits per heavy atom. The van der Waals surface area contributed by atoms with Crippen LogP contribution in [0.15, 0.2) is 60.7 Å². The van der Waals surface area contributed by atoms with Gasteiger partial charge in [-0.1, -0.05) is 54.6 Å². The van der Waals surface area contributed by atoms with Crippen molar-refractivity contribution in [2.75, 3.05) is 0 Å². The van der Waals surface area contributed by atoms with Crippen LogP contribution in [0.2, 0.25) is 0 Å². The zero-order chi connectivity index (χ0) is 14.7. The predicted molar refractivity (Wildman–Crippen MR) is 80.8 cm³/mol. The number of hydrogen-bond acceptors (Lipinski definition) is 2. The third-order valence-electron chi connectivity index (χ3n) is 3.30. The van der Waals surface area contributed by atoms with Crippen LogP contribution in [0.5, 0.6) is 0 Å². The lowest BCUT2D eigenvalue weighted by molar-refractivity contribution is -0.136. The van der Waals surface area contributed by atoms with Crippen molar-refractivity contribution in [2.24, 2.45) is 0 Å². The zero-order valence-corrected chi connectivity index (χ0v) is 11.3. The second-order valence-corrected chi connectivity index (χ2v) is 4.76. The summed E-state index contributed by atoms with van der Waals surface area (Å²) in [6.07, 6.45) is -0.00410. The van der Waals surface area contributed by atoms with Crippen molar-refractivity contribution < 1.29 is 9.90 Å². The molecule has 0 amide bonds. The van der Waals surface area contributed by atoms with Gasteiger partial charge in [-0.3, -0.25) is 9.89 Å². The second kappa shape index (κ2) is 5.63. The molecular weight excluding hydrogens is 264 g/mol. The molecule has 0 aliphatic carbocycles. The van der Waals surface area contributed by atoms with Gasteiger partial charge in [0.2, 0.25) is 0 Å². The van der Waals surface area contributed by atoms with E-state index in [4.69, 9.17) is 5.11 Å². The standard InChI is InChI=1S/C17H14N2O2/c20-17(21)10-13-8-4-5-9-14(13)16-11-15(18-19-16)12-6-2-1-3-7-12/h1-9,11H,10H2,(H,18,19)(H,20,21). The normalized spacial score (nSPS) is 10.5. The summed E-state index contributed by atoms with van der Waals surface area (Å²) >= 11 is 0. The highest BCUT2D eigenvalue weighted by atomic mass is 16.4. The van der Waals surface area contributed by atoms with Crippen LogP contribution in [0.3, 0.4) is 0 Å². The first-order valence-corrected chi connectivity index (χ1v) is 6.65. The van der Waals surface area contributed by atoms with Gasteiger partial charge >= 0.3 is 5.97 Å². The molecular formula is C17H14N2O2. The first-order valence-electron chi connectivity index (χ1n) is 6.65. The molecule has 0 bridgehead atoms. The molecule has 4 nitrogen and oxygen atoms in total. The van der Waals surface area contributed by atoms with Crippen LogP contribution in [0.4, 0.5) is 0 Å². The number of aromatic amines is 1. The number of aromatic nitrogens is 2. The van der Waals surface area contributed by atoms with Crippen molar-refractivity contribution in [3.05, 3.63) is 66.2 Å². The van der Waals surface area contributed by atoms with E-state index in [1.165, 1.54) is 0 Å². The minimum Gasteiger partial charge on any atom is -0.481 e. The number of carboxylic acids is 1. The summed E-state index contributed by atoms with van der Waals surface area (Å²) in [6.45, 7) is 0.